The van der Waals surface area contributed by atoms with Crippen molar-refractivity contribution in [2.75, 3.05) is 0 Å². The summed E-state index contributed by atoms with van der Waals surface area (Å²) in [5, 5.41) is 10.5. The highest BCUT2D eigenvalue weighted by Crippen LogP contribution is 2.21. The molecule has 0 spiro atoms. The first-order chi connectivity index (χ1) is 7.00. The maximum atomic E-state index is 10.7. The van der Waals surface area contributed by atoms with Crippen molar-refractivity contribution in [2.24, 2.45) is 0 Å². The highest BCUT2D eigenvalue weighted by atomic mass is 16.6. The van der Waals surface area contributed by atoms with Crippen LogP contribution in [0.3, 0.4) is 0 Å². The predicted molar refractivity (Wildman–Crippen MR) is 53.3 cm³/mol. The zero-order chi connectivity index (χ0) is 11.4. The zero-order valence-electron chi connectivity index (χ0n) is 8.47. The number of carbonyl (C=O) groups is 1. The molecule has 0 unspecified atom stereocenters. The van der Waals surface area contributed by atoms with Crippen molar-refractivity contribution in [1.29, 1.82) is 0 Å². The van der Waals surface area contributed by atoms with E-state index < -0.39 is 17.0 Å². The minimum atomic E-state index is -0.482. The summed E-state index contributed by atoms with van der Waals surface area (Å²) in [5.74, 6) is -0.408. The van der Waals surface area contributed by atoms with E-state index in [-0.39, 0.29) is 5.69 Å². The third-order valence-corrected chi connectivity index (χ3v) is 1.89. The van der Waals surface area contributed by atoms with E-state index in [1.807, 2.05) is 0 Å². The van der Waals surface area contributed by atoms with Gasteiger partial charge in [0.1, 0.15) is 6.10 Å². The first kappa shape index (κ1) is 11.2. The quantitative estimate of drug-likeness (QED) is 0.434. The van der Waals surface area contributed by atoms with Crippen LogP contribution in [0.1, 0.15) is 25.5 Å². The summed E-state index contributed by atoms with van der Waals surface area (Å²) in [4.78, 5) is 20.7. The number of nitrogens with zero attached hydrogens (tertiary/aromatic N) is 1. The second-order valence-corrected chi connectivity index (χ2v) is 3.10. The number of hydrogen-bond acceptors (Lipinski definition) is 4. The Kier molecular flexibility index (Phi) is 3.38. The zero-order valence-corrected chi connectivity index (χ0v) is 8.47. The lowest BCUT2D eigenvalue weighted by molar-refractivity contribution is -0.385. The lowest BCUT2D eigenvalue weighted by Gasteiger charge is -2.11. The summed E-state index contributed by atoms with van der Waals surface area (Å²) in [6, 6.07) is 6.03. The molecule has 0 aliphatic carbocycles. The molecule has 0 N–H and O–H groups in total. The smallest absolute Gasteiger partial charge is 0.303 e. The summed E-state index contributed by atoms with van der Waals surface area (Å²) in [5.41, 5.74) is 0.603. The van der Waals surface area contributed by atoms with E-state index in [1.54, 1.807) is 19.1 Å². The Bertz CT molecular complexity index is 389. The van der Waals surface area contributed by atoms with Crippen molar-refractivity contribution in [3.8, 4) is 0 Å². The van der Waals surface area contributed by atoms with Gasteiger partial charge in [0.25, 0.3) is 5.69 Å². The van der Waals surface area contributed by atoms with Gasteiger partial charge >= 0.3 is 5.97 Å². The fourth-order valence-corrected chi connectivity index (χ4v) is 1.21. The lowest BCUT2D eigenvalue weighted by atomic mass is 10.1. The lowest BCUT2D eigenvalue weighted by Crippen LogP contribution is -2.05. The van der Waals surface area contributed by atoms with Gasteiger partial charge in [-0.25, -0.2) is 0 Å². The first-order valence-corrected chi connectivity index (χ1v) is 4.42. The fourth-order valence-electron chi connectivity index (χ4n) is 1.21. The molecule has 1 rings (SSSR count). The average Bonchev–Trinajstić information content (AvgIpc) is 2.17. The maximum absolute atomic E-state index is 10.7. The number of rotatable bonds is 3. The van der Waals surface area contributed by atoms with Gasteiger partial charge in [-0.05, 0) is 12.5 Å². The Morgan fingerprint density at radius 3 is 2.73 bits per heavy atom. The largest absolute Gasteiger partial charge is 0.458 e. The first-order valence-electron chi connectivity index (χ1n) is 4.42. The SMILES string of the molecule is CC(=O)O[C@@H](C)c1cccc([N+](=O)[O-])c1. The number of nitro benzene ring substituents is 1. The van der Waals surface area contributed by atoms with Crippen LogP contribution in [0, 0.1) is 10.1 Å². The molecule has 0 aliphatic rings. The molecule has 0 amide bonds. The summed E-state index contributed by atoms with van der Waals surface area (Å²) in [7, 11) is 0. The molecular weight excluding hydrogens is 198 g/mol. The molecule has 0 fully saturated rings. The number of non-ortho nitro benzene ring substituents is 1. The van der Waals surface area contributed by atoms with Crippen molar-refractivity contribution >= 4 is 11.7 Å². The summed E-state index contributed by atoms with van der Waals surface area (Å²) >= 11 is 0. The van der Waals surface area contributed by atoms with Crippen LogP contribution < -0.4 is 0 Å². The average molecular weight is 209 g/mol. The monoisotopic (exact) mass is 209 g/mol. The third kappa shape index (κ3) is 3.05. The maximum Gasteiger partial charge on any atom is 0.303 e. The number of benzene rings is 1. The van der Waals surface area contributed by atoms with Gasteiger partial charge in [0, 0.05) is 19.1 Å². The predicted octanol–water partition coefficient (Wildman–Crippen LogP) is 2.22. The minimum Gasteiger partial charge on any atom is -0.458 e. The molecule has 1 atom stereocenters. The van der Waals surface area contributed by atoms with Crippen molar-refractivity contribution in [3.63, 3.8) is 0 Å². The normalized spacial score (nSPS) is 11.9. The van der Waals surface area contributed by atoms with Gasteiger partial charge in [0.2, 0.25) is 0 Å². The van der Waals surface area contributed by atoms with Gasteiger partial charge in [-0.1, -0.05) is 12.1 Å². The Labute approximate surface area is 86.8 Å². The standard InChI is InChI=1S/C10H11NO4/c1-7(15-8(2)12)9-4-3-5-10(6-9)11(13)14/h3-7H,1-2H3/t7-/m0/s1. The van der Waals surface area contributed by atoms with Crippen molar-refractivity contribution in [1.82, 2.24) is 0 Å². The van der Waals surface area contributed by atoms with E-state index in [4.69, 9.17) is 4.74 Å². The van der Waals surface area contributed by atoms with Crippen LogP contribution in [0.5, 0.6) is 0 Å². The van der Waals surface area contributed by atoms with Gasteiger partial charge in [-0.15, -0.1) is 0 Å². The van der Waals surface area contributed by atoms with Crippen LogP contribution in [0.4, 0.5) is 5.69 Å². The van der Waals surface area contributed by atoms with Crippen LogP contribution in [0.15, 0.2) is 24.3 Å². The van der Waals surface area contributed by atoms with E-state index >= 15 is 0 Å². The van der Waals surface area contributed by atoms with Crippen LogP contribution >= 0.6 is 0 Å². The molecule has 0 bridgehead atoms. The summed E-state index contributed by atoms with van der Waals surface area (Å²) in [6.45, 7) is 2.97. The molecule has 15 heavy (non-hydrogen) atoms. The van der Waals surface area contributed by atoms with Gasteiger partial charge in [-0.3, -0.25) is 14.9 Å². The highest BCUT2D eigenvalue weighted by Gasteiger charge is 2.12. The number of esters is 1. The van der Waals surface area contributed by atoms with E-state index in [2.05, 4.69) is 0 Å². The van der Waals surface area contributed by atoms with Crippen molar-refractivity contribution in [2.45, 2.75) is 20.0 Å². The summed E-state index contributed by atoms with van der Waals surface area (Å²) in [6.07, 6.45) is -0.470. The van der Waals surface area contributed by atoms with E-state index in [9.17, 15) is 14.9 Å². The molecule has 5 nitrogen and oxygen atoms in total. The fraction of sp³-hybridized carbons (Fsp3) is 0.300. The Hall–Kier alpha value is -1.91. The molecular formula is C10H11NO4. The topological polar surface area (TPSA) is 69.4 Å². The van der Waals surface area contributed by atoms with Gasteiger partial charge in [0.15, 0.2) is 0 Å². The molecule has 0 saturated heterocycles. The second-order valence-electron chi connectivity index (χ2n) is 3.10. The number of nitro groups is 1. The molecule has 5 heteroatoms. The molecule has 0 aliphatic heterocycles. The molecule has 0 heterocycles. The number of carbonyl (C=O) groups excluding carboxylic acids is 1. The van der Waals surface area contributed by atoms with Gasteiger partial charge < -0.3 is 4.74 Å². The van der Waals surface area contributed by atoms with E-state index in [0.29, 0.717) is 5.56 Å². The van der Waals surface area contributed by atoms with Crippen molar-refractivity contribution in [3.05, 3.63) is 39.9 Å². The van der Waals surface area contributed by atoms with Crippen LogP contribution in [-0.2, 0) is 9.53 Å². The van der Waals surface area contributed by atoms with Crippen LogP contribution in [-0.4, -0.2) is 10.9 Å². The Morgan fingerprint density at radius 1 is 1.53 bits per heavy atom. The van der Waals surface area contributed by atoms with Crippen molar-refractivity contribution < 1.29 is 14.5 Å². The van der Waals surface area contributed by atoms with Crippen LogP contribution in [0.25, 0.3) is 0 Å². The molecule has 0 radical (unpaired) electrons. The van der Waals surface area contributed by atoms with E-state index in [1.165, 1.54) is 19.1 Å². The molecule has 1 aromatic rings. The molecule has 0 saturated carbocycles. The molecule has 1 aromatic carbocycles. The minimum absolute atomic E-state index is 0.00787. The Balaban J connectivity index is 2.89. The van der Waals surface area contributed by atoms with Crippen LogP contribution in [0.2, 0.25) is 0 Å². The van der Waals surface area contributed by atoms with Gasteiger partial charge in [0.05, 0.1) is 4.92 Å². The Morgan fingerprint density at radius 2 is 2.20 bits per heavy atom. The molecule has 80 valence electrons. The molecule has 0 aromatic heterocycles. The second kappa shape index (κ2) is 4.54. The highest BCUT2D eigenvalue weighted by molar-refractivity contribution is 5.66. The third-order valence-electron chi connectivity index (χ3n) is 1.89. The van der Waals surface area contributed by atoms with Gasteiger partial charge in [-0.2, -0.15) is 0 Å². The van der Waals surface area contributed by atoms with E-state index in [0.717, 1.165) is 0 Å². The number of hydrogen-bond donors (Lipinski definition) is 0. The summed E-state index contributed by atoms with van der Waals surface area (Å²) < 4.78 is 4.91. The number of ether oxygens (including phenoxy) is 1.